The summed E-state index contributed by atoms with van der Waals surface area (Å²) in [6, 6.07) is 7.76. The van der Waals surface area contributed by atoms with Crippen LogP contribution in [0.5, 0.6) is 5.75 Å². The topological polar surface area (TPSA) is 110 Å². The zero-order chi connectivity index (χ0) is 15.4. The number of aromatic hydroxyl groups is 1. The number of benzene rings is 1. The number of hydrogen-bond acceptors (Lipinski definition) is 5. The number of aromatic nitrogens is 2. The third kappa shape index (κ3) is 3.47. The maximum atomic E-state index is 11.9. The van der Waals surface area contributed by atoms with Crippen molar-refractivity contribution in [2.24, 2.45) is 5.73 Å². The van der Waals surface area contributed by atoms with Gasteiger partial charge in [0.05, 0.1) is 5.69 Å². The number of nitrogens with one attached hydrogen (secondary N) is 1. The summed E-state index contributed by atoms with van der Waals surface area (Å²) in [7, 11) is 0. The fourth-order valence-electron chi connectivity index (χ4n) is 1.65. The molecular weight excluding hydrogens is 340 g/mol. The van der Waals surface area contributed by atoms with Gasteiger partial charge in [0.15, 0.2) is 11.4 Å². The molecule has 0 saturated heterocycles. The van der Waals surface area contributed by atoms with Crippen molar-refractivity contribution in [1.29, 1.82) is 0 Å². The van der Waals surface area contributed by atoms with Crippen molar-refractivity contribution >= 4 is 21.8 Å². The van der Waals surface area contributed by atoms with Crippen LogP contribution in [0.4, 0.5) is 0 Å². The second kappa shape index (κ2) is 6.51. The molecule has 0 fully saturated rings. The normalized spacial score (nSPS) is 10.4. The van der Waals surface area contributed by atoms with Crippen LogP contribution in [0, 0.1) is 0 Å². The molecular formula is C13H13BrN4O3. The Morgan fingerprint density at radius 2 is 2.05 bits per heavy atom. The van der Waals surface area contributed by atoms with Crippen molar-refractivity contribution in [2.45, 2.75) is 0 Å². The average molecular weight is 353 g/mol. The Balaban J connectivity index is 2.45. The first-order valence-corrected chi connectivity index (χ1v) is 6.90. The number of halogens is 1. The summed E-state index contributed by atoms with van der Waals surface area (Å²) in [6.45, 7) is 0.510. The van der Waals surface area contributed by atoms with Gasteiger partial charge in [-0.15, -0.1) is 0 Å². The number of carbonyl (C=O) groups is 1. The molecule has 21 heavy (non-hydrogen) atoms. The van der Waals surface area contributed by atoms with E-state index >= 15 is 0 Å². The van der Waals surface area contributed by atoms with Crippen LogP contribution in [0.3, 0.4) is 0 Å². The first kappa shape index (κ1) is 15.2. The van der Waals surface area contributed by atoms with E-state index in [4.69, 9.17) is 5.73 Å². The molecule has 0 bridgehead atoms. The van der Waals surface area contributed by atoms with E-state index < -0.39 is 17.2 Å². The van der Waals surface area contributed by atoms with E-state index in [9.17, 15) is 14.7 Å². The Labute approximate surface area is 128 Å². The molecule has 0 aliphatic carbocycles. The van der Waals surface area contributed by atoms with Gasteiger partial charge in [-0.3, -0.25) is 9.59 Å². The predicted octanol–water partition coefficient (Wildman–Crippen LogP) is 0.389. The Hall–Kier alpha value is -2.19. The molecule has 0 unspecified atom stereocenters. The third-order valence-electron chi connectivity index (χ3n) is 2.63. The highest BCUT2D eigenvalue weighted by atomic mass is 79.9. The lowest BCUT2D eigenvalue weighted by molar-refractivity contribution is 0.0945. The van der Waals surface area contributed by atoms with Crippen molar-refractivity contribution in [1.82, 2.24) is 15.1 Å². The van der Waals surface area contributed by atoms with Crippen LogP contribution in [0.2, 0.25) is 0 Å². The SMILES string of the molecule is NCCNC(=O)c1nn(-c2ccc(Br)cc2)c(=O)cc1O. The van der Waals surface area contributed by atoms with Gasteiger partial charge in [0.25, 0.3) is 11.5 Å². The summed E-state index contributed by atoms with van der Waals surface area (Å²) < 4.78 is 1.89. The summed E-state index contributed by atoms with van der Waals surface area (Å²) in [4.78, 5) is 23.8. The molecule has 1 heterocycles. The second-order valence-corrected chi connectivity index (χ2v) is 5.06. The van der Waals surface area contributed by atoms with Crippen LogP contribution in [0.1, 0.15) is 10.5 Å². The van der Waals surface area contributed by atoms with Crippen molar-refractivity contribution in [3.63, 3.8) is 0 Å². The van der Waals surface area contributed by atoms with Crippen LogP contribution in [0.15, 0.2) is 39.6 Å². The number of nitrogens with zero attached hydrogens (tertiary/aromatic N) is 2. The zero-order valence-electron chi connectivity index (χ0n) is 10.9. The van der Waals surface area contributed by atoms with Gasteiger partial charge >= 0.3 is 0 Å². The summed E-state index contributed by atoms with van der Waals surface area (Å²) in [5, 5.41) is 16.1. The van der Waals surface area contributed by atoms with Crippen molar-refractivity contribution in [3.05, 3.63) is 50.9 Å². The predicted molar refractivity (Wildman–Crippen MR) is 80.6 cm³/mol. The fraction of sp³-hybridized carbons (Fsp3) is 0.154. The monoisotopic (exact) mass is 352 g/mol. The first-order chi connectivity index (χ1) is 10.0. The fourth-order valence-corrected chi connectivity index (χ4v) is 1.91. The van der Waals surface area contributed by atoms with E-state index in [1.165, 1.54) is 0 Å². The quantitative estimate of drug-likeness (QED) is 0.737. The number of amides is 1. The Kier molecular flexibility index (Phi) is 4.71. The molecule has 0 spiro atoms. The summed E-state index contributed by atoms with van der Waals surface area (Å²) in [6.07, 6.45) is 0. The minimum Gasteiger partial charge on any atom is -0.505 e. The van der Waals surface area contributed by atoms with E-state index in [-0.39, 0.29) is 18.8 Å². The maximum absolute atomic E-state index is 11.9. The van der Waals surface area contributed by atoms with Crippen LogP contribution < -0.4 is 16.6 Å². The standard InChI is InChI=1S/C13H13BrN4O3/c14-8-1-3-9(4-2-8)18-11(20)7-10(19)12(17-18)13(21)16-6-5-15/h1-4,7,19H,5-6,15H2,(H,16,21). The molecule has 0 aliphatic rings. The highest BCUT2D eigenvalue weighted by Crippen LogP contribution is 2.15. The second-order valence-electron chi connectivity index (χ2n) is 4.15. The molecule has 110 valence electrons. The summed E-state index contributed by atoms with van der Waals surface area (Å²) >= 11 is 3.29. The van der Waals surface area contributed by atoms with E-state index in [2.05, 4.69) is 26.3 Å². The van der Waals surface area contributed by atoms with Crippen LogP contribution in [-0.4, -0.2) is 33.9 Å². The van der Waals surface area contributed by atoms with Gasteiger partial charge in [-0.1, -0.05) is 15.9 Å². The number of hydrogen-bond donors (Lipinski definition) is 3. The number of carbonyl (C=O) groups excluding carboxylic acids is 1. The van der Waals surface area contributed by atoms with Gasteiger partial charge in [0, 0.05) is 23.6 Å². The van der Waals surface area contributed by atoms with Crippen LogP contribution in [-0.2, 0) is 0 Å². The molecule has 4 N–H and O–H groups in total. The lowest BCUT2D eigenvalue weighted by atomic mass is 10.3. The molecule has 2 aromatic rings. The Bertz CT molecular complexity index is 712. The zero-order valence-corrected chi connectivity index (χ0v) is 12.5. The smallest absolute Gasteiger partial charge is 0.275 e. The van der Waals surface area contributed by atoms with Gasteiger partial charge in [-0.05, 0) is 24.3 Å². The molecule has 1 aromatic carbocycles. The Morgan fingerprint density at radius 3 is 2.67 bits per heavy atom. The van der Waals surface area contributed by atoms with E-state index in [0.717, 1.165) is 15.2 Å². The molecule has 7 nitrogen and oxygen atoms in total. The Morgan fingerprint density at radius 1 is 1.38 bits per heavy atom. The number of nitrogens with two attached hydrogens (primary N) is 1. The highest BCUT2D eigenvalue weighted by molar-refractivity contribution is 9.10. The summed E-state index contributed by atoms with van der Waals surface area (Å²) in [5.41, 5.74) is 5.01. The molecule has 0 atom stereocenters. The molecule has 0 radical (unpaired) electrons. The van der Waals surface area contributed by atoms with Crippen molar-refractivity contribution in [3.8, 4) is 11.4 Å². The van der Waals surface area contributed by atoms with Gasteiger partial charge in [-0.2, -0.15) is 9.78 Å². The first-order valence-electron chi connectivity index (χ1n) is 6.10. The highest BCUT2D eigenvalue weighted by Gasteiger charge is 2.16. The lowest BCUT2D eigenvalue weighted by Crippen LogP contribution is -2.32. The molecule has 0 aliphatic heterocycles. The van der Waals surface area contributed by atoms with Gasteiger partial charge in [0.1, 0.15) is 0 Å². The maximum Gasteiger partial charge on any atom is 0.275 e. The van der Waals surface area contributed by atoms with Gasteiger partial charge in [0.2, 0.25) is 0 Å². The minimum absolute atomic E-state index is 0.231. The molecule has 1 aromatic heterocycles. The molecule has 2 rings (SSSR count). The van der Waals surface area contributed by atoms with Crippen LogP contribution in [0.25, 0.3) is 5.69 Å². The van der Waals surface area contributed by atoms with Gasteiger partial charge < -0.3 is 16.2 Å². The van der Waals surface area contributed by atoms with E-state index in [1.54, 1.807) is 24.3 Å². The number of rotatable bonds is 4. The lowest BCUT2D eigenvalue weighted by Gasteiger charge is -2.09. The molecule has 0 saturated carbocycles. The van der Waals surface area contributed by atoms with Gasteiger partial charge in [-0.25, -0.2) is 0 Å². The van der Waals surface area contributed by atoms with Crippen LogP contribution >= 0.6 is 15.9 Å². The largest absolute Gasteiger partial charge is 0.505 e. The molecule has 1 amide bonds. The van der Waals surface area contributed by atoms with E-state index in [0.29, 0.717) is 5.69 Å². The van der Waals surface area contributed by atoms with Crippen molar-refractivity contribution in [2.75, 3.05) is 13.1 Å². The van der Waals surface area contributed by atoms with E-state index in [1.807, 2.05) is 0 Å². The molecule has 8 heteroatoms. The van der Waals surface area contributed by atoms with Crippen molar-refractivity contribution < 1.29 is 9.90 Å². The third-order valence-corrected chi connectivity index (χ3v) is 3.16. The average Bonchev–Trinajstić information content (AvgIpc) is 2.46. The summed E-state index contributed by atoms with van der Waals surface area (Å²) in [5.74, 6) is -1.06. The minimum atomic E-state index is -0.594.